The summed E-state index contributed by atoms with van der Waals surface area (Å²) in [5, 5.41) is 15.0. The van der Waals surface area contributed by atoms with Crippen molar-refractivity contribution >= 4 is 23.4 Å². The van der Waals surface area contributed by atoms with Crippen LogP contribution in [0.3, 0.4) is 0 Å². The monoisotopic (exact) mass is 396 g/mol. The Labute approximate surface area is 166 Å². The lowest BCUT2D eigenvalue weighted by Crippen LogP contribution is -2.23. The van der Waals surface area contributed by atoms with Crippen molar-refractivity contribution in [3.05, 3.63) is 54.4 Å². The first kappa shape index (κ1) is 18.4. The summed E-state index contributed by atoms with van der Waals surface area (Å²) in [6.45, 7) is 2.21. The highest BCUT2D eigenvalue weighted by molar-refractivity contribution is 8.00. The third-order valence-corrected chi connectivity index (χ3v) is 5.27. The van der Waals surface area contributed by atoms with Gasteiger partial charge in [0.2, 0.25) is 11.1 Å². The van der Waals surface area contributed by atoms with Gasteiger partial charge in [-0.15, -0.1) is 5.10 Å². The number of aromatic nitrogens is 5. The van der Waals surface area contributed by atoms with E-state index in [1.165, 1.54) is 11.8 Å². The molecule has 0 bridgehead atoms. The molecule has 0 saturated heterocycles. The molecule has 1 aliphatic rings. The largest absolute Gasteiger partial charge is 0.487 e. The summed E-state index contributed by atoms with van der Waals surface area (Å²) in [6.07, 6.45) is 3.91. The maximum atomic E-state index is 12.6. The van der Waals surface area contributed by atoms with Gasteiger partial charge in [0.05, 0.1) is 17.0 Å². The number of carbonyl (C=O) groups excluding carboxylic acids is 1. The number of thioether (sulfide) groups is 1. The Balaban J connectivity index is 1.34. The van der Waals surface area contributed by atoms with Gasteiger partial charge in [-0.05, 0) is 54.5 Å². The van der Waals surface area contributed by atoms with Crippen molar-refractivity contribution in [2.75, 3.05) is 5.32 Å². The standard InChI is InChI=1S/C19H20N6O2S/c1-13(28-19-22-23-24-25(19)16-8-9-16)18(26)21-14-6-4-7-17(11-14)27-12-15-5-2-3-10-20-15/h2-7,10-11,13,16H,8-9,12H2,1H3,(H,21,26). The first-order valence-corrected chi connectivity index (χ1v) is 9.95. The third kappa shape index (κ3) is 4.66. The van der Waals surface area contributed by atoms with E-state index in [0.29, 0.717) is 29.2 Å². The second-order valence-corrected chi connectivity index (χ2v) is 7.83. The molecule has 3 aromatic rings. The van der Waals surface area contributed by atoms with Crippen LogP contribution in [0.2, 0.25) is 0 Å². The van der Waals surface area contributed by atoms with Crippen LogP contribution in [0.5, 0.6) is 5.75 Å². The predicted octanol–water partition coefficient (Wildman–Crippen LogP) is 3.10. The summed E-state index contributed by atoms with van der Waals surface area (Å²) in [5.74, 6) is 0.554. The minimum absolute atomic E-state index is 0.114. The maximum absolute atomic E-state index is 12.6. The number of nitrogens with zero attached hydrogens (tertiary/aromatic N) is 5. The molecular formula is C19H20N6O2S. The molecule has 2 heterocycles. The van der Waals surface area contributed by atoms with Crippen molar-refractivity contribution in [1.29, 1.82) is 0 Å². The highest BCUT2D eigenvalue weighted by Gasteiger charge is 2.29. The fourth-order valence-electron chi connectivity index (χ4n) is 2.57. The third-order valence-electron chi connectivity index (χ3n) is 4.22. The van der Waals surface area contributed by atoms with Gasteiger partial charge in [-0.1, -0.05) is 23.9 Å². The molecule has 1 saturated carbocycles. The first-order valence-electron chi connectivity index (χ1n) is 9.07. The summed E-state index contributed by atoms with van der Waals surface area (Å²) >= 11 is 1.36. The highest BCUT2D eigenvalue weighted by Crippen LogP contribution is 2.37. The Morgan fingerprint density at radius 2 is 2.21 bits per heavy atom. The number of hydrogen-bond acceptors (Lipinski definition) is 7. The molecule has 0 radical (unpaired) electrons. The number of anilines is 1. The molecule has 1 atom stereocenters. The van der Waals surface area contributed by atoms with Gasteiger partial charge in [-0.3, -0.25) is 9.78 Å². The van der Waals surface area contributed by atoms with Crippen molar-refractivity contribution in [2.45, 2.75) is 42.8 Å². The zero-order valence-electron chi connectivity index (χ0n) is 15.4. The number of tetrazole rings is 1. The molecule has 1 aliphatic carbocycles. The van der Waals surface area contributed by atoms with Gasteiger partial charge < -0.3 is 10.1 Å². The second-order valence-electron chi connectivity index (χ2n) is 6.52. The van der Waals surface area contributed by atoms with E-state index in [1.807, 2.05) is 43.3 Å². The van der Waals surface area contributed by atoms with Crippen LogP contribution in [-0.4, -0.2) is 36.3 Å². The van der Waals surface area contributed by atoms with Gasteiger partial charge in [0.25, 0.3) is 0 Å². The Kier molecular flexibility index (Phi) is 5.52. The fraction of sp³-hybridized carbons (Fsp3) is 0.316. The number of pyridine rings is 1. The normalized spacial score (nSPS) is 14.5. The van der Waals surface area contributed by atoms with Crippen LogP contribution in [0.1, 0.15) is 31.5 Å². The topological polar surface area (TPSA) is 94.8 Å². The molecule has 8 nitrogen and oxygen atoms in total. The molecule has 1 unspecified atom stereocenters. The van der Waals surface area contributed by atoms with Crippen LogP contribution in [0.15, 0.2) is 53.8 Å². The van der Waals surface area contributed by atoms with Crippen LogP contribution >= 0.6 is 11.8 Å². The Morgan fingerprint density at radius 3 is 3.00 bits per heavy atom. The van der Waals surface area contributed by atoms with E-state index >= 15 is 0 Å². The van der Waals surface area contributed by atoms with Crippen molar-refractivity contribution in [2.24, 2.45) is 0 Å². The lowest BCUT2D eigenvalue weighted by atomic mass is 10.3. The van der Waals surface area contributed by atoms with Crippen molar-refractivity contribution in [3.8, 4) is 5.75 Å². The average Bonchev–Trinajstić information content (AvgIpc) is 3.46. The molecule has 144 valence electrons. The minimum atomic E-state index is -0.332. The number of carbonyl (C=O) groups is 1. The first-order chi connectivity index (χ1) is 13.7. The van der Waals surface area contributed by atoms with Gasteiger partial charge in [0, 0.05) is 18.0 Å². The van der Waals surface area contributed by atoms with Crippen molar-refractivity contribution in [3.63, 3.8) is 0 Å². The van der Waals surface area contributed by atoms with E-state index in [2.05, 4.69) is 25.8 Å². The summed E-state index contributed by atoms with van der Waals surface area (Å²) in [5.41, 5.74) is 1.52. The molecule has 0 aliphatic heterocycles. The minimum Gasteiger partial charge on any atom is -0.487 e. The smallest absolute Gasteiger partial charge is 0.237 e. The van der Waals surface area contributed by atoms with E-state index in [0.717, 1.165) is 18.5 Å². The lowest BCUT2D eigenvalue weighted by molar-refractivity contribution is -0.115. The molecule has 0 spiro atoms. The number of ether oxygens (including phenoxy) is 1. The fourth-order valence-corrected chi connectivity index (χ4v) is 3.43. The van der Waals surface area contributed by atoms with Gasteiger partial charge in [-0.25, -0.2) is 4.68 Å². The molecule has 4 rings (SSSR count). The number of hydrogen-bond donors (Lipinski definition) is 1. The highest BCUT2D eigenvalue weighted by atomic mass is 32.2. The summed E-state index contributed by atoms with van der Waals surface area (Å²) in [7, 11) is 0. The molecule has 1 fully saturated rings. The lowest BCUT2D eigenvalue weighted by Gasteiger charge is -2.12. The Hall–Kier alpha value is -2.94. The van der Waals surface area contributed by atoms with Crippen molar-refractivity contribution in [1.82, 2.24) is 25.2 Å². The van der Waals surface area contributed by atoms with Crippen LogP contribution in [0.25, 0.3) is 0 Å². The van der Waals surface area contributed by atoms with Crippen LogP contribution in [0, 0.1) is 0 Å². The SMILES string of the molecule is CC(Sc1nnnn1C1CC1)C(=O)Nc1cccc(OCc2ccccn2)c1. The second kappa shape index (κ2) is 8.39. The van der Waals surface area contributed by atoms with Crippen LogP contribution in [-0.2, 0) is 11.4 Å². The van der Waals surface area contributed by atoms with Gasteiger partial charge >= 0.3 is 0 Å². The molecular weight excluding hydrogens is 376 g/mol. The molecule has 1 aromatic carbocycles. The van der Waals surface area contributed by atoms with E-state index in [-0.39, 0.29) is 11.2 Å². The van der Waals surface area contributed by atoms with Gasteiger partial charge in [0.1, 0.15) is 12.4 Å². The van der Waals surface area contributed by atoms with Crippen LogP contribution < -0.4 is 10.1 Å². The van der Waals surface area contributed by atoms with E-state index in [1.54, 1.807) is 16.9 Å². The number of rotatable bonds is 8. The van der Waals surface area contributed by atoms with E-state index < -0.39 is 0 Å². The zero-order chi connectivity index (χ0) is 19.3. The predicted molar refractivity (Wildman–Crippen MR) is 105 cm³/mol. The summed E-state index contributed by atoms with van der Waals surface area (Å²) in [6, 6.07) is 13.4. The van der Waals surface area contributed by atoms with Gasteiger partial charge in [0.15, 0.2) is 0 Å². The van der Waals surface area contributed by atoms with Gasteiger partial charge in [-0.2, -0.15) is 0 Å². The zero-order valence-corrected chi connectivity index (χ0v) is 16.2. The number of benzene rings is 1. The summed E-state index contributed by atoms with van der Waals surface area (Å²) < 4.78 is 7.57. The molecule has 9 heteroatoms. The number of amides is 1. The molecule has 2 aromatic heterocycles. The average molecular weight is 396 g/mol. The Bertz CT molecular complexity index is 944. The van der Waals surface area contributed by atoms with E-state index in [4.69, 9.17) is 4.74 Å². The van der Waals surface area contributed by atoms with Crippen LogP contribution in [0.4, 0.5) is 5.69 Å². The molecule has 1 N–H and O–H groups in total. The molecule has 28 heavy (non-hydrogen) atoms. The maximum Gasteiger partial charge on any atom is 0.237 e. The molecule has 1 amide bonds. The van der Waals surface area contributed by atoms with E-state index in [9.17, 15) is 4.79 Å². The van der Waals surface area contributed by atoms with Crippen molar-refractivity contribution < 1.29 is 9.53 Å². The summed E-state index contributed by atoms with van der Waals surface area (Å²) in [4.78, 5) is 16.8. The number of nitrogens with one attached hydrogen (secondary N) is 1. The Morgan fingerprint density at radius 1 is 1.32 bits per heavy atom. The quantitative estimate of drug-likeness (QED) is 0.585.